The highest BCUT2D eigenvalue weighted by Gasteiger charge is 2.29. The Morgan fingerprint density at radius 2 is 2.22 bits per heavy atom. The second-order valence-electron chi connectivity index (χ2n) is 4.37. The van der Waals surface area contributed by atoms with Gasteiger partial charge in [0.05, 0.1) is 16.6 Å². The molecule has 1 N–H and O–H groups in total. The molecule has 1 aromatic rings. The van der Waals surface area contributed by atoms with Crippen molar-refractivity contribution in [2.45, 2.75) is 31.9 Å². The first kappa shape index (κ1) is 13.9. The zero-order valence-corrected chi connectivity index (χ0v) is 11.8. The zero-order valence-electron chi connectivity index (χ0n) is 10.2. The van der Waals surface area contributed by atoms with Crippen molar-refractivity contribution in [3.8, 4) is 0 Å². The van der Waals surface area contributed by atoms with Gasteiger partial charge in [-0.05, 0) is 47.4 Å². The molecule has 2 rings (SSSR count). The first-order valence-corrected chi connectivity index (χ1v) is 6.92. The van der Waals surface area contributed by atoms with Crippen molar-refractivity contribution >= 4 is 15.9 Å². The predicted molar refractivity (Wildman–Crippen MR) is 69.4 cm³/mol. The summed E-state index contributed by atoms with van der Waals surface area (Å²) in [5.74, 6) is -0.864. The monoisotopic (exact) mass is 319 g/mol. The Balaban J connectivity index is 2.32. The molecular weight excluding hydrogens is 304 g/mol. The van der Waals surface area contributed by atoms with Crippen LogP contribution in [-0.4, -0.2) is 19.3 Å². The van der Waals surface area contributed by atoms with Crippen LogP contribution in [0.4, 0.5) is 8.78 Å². The molecule has 0 aromatic heterocycles. The second-order valence-corrected chi connectivity index (χ2v) is 5.23. The maximum absolute atomic E-state index is 14.0. The van der Waals surface area contributed by atoms with Crippen molar-refractivity contribution < 1.29 is 13.5 Å². The Bertz CT molecular complexity index is 422. The first-order chi connectivity index (χ1) is 8.63. The lowest BCUT2D eigenvalue weighted by molar-refractivity contribution is 0.0775. The normalized spacial score (nSPS) is 21.2. The molecular formula is C13H16BrF2NO. The first-order valence-electron chi connectivity index (χ1n) is 6.13. The smallest absolute Gasteiger partial charge is 0.137 e. The van der Waals surface area contributed by atoms with E-state index in [1.54, 1.807) is 0 Å². The van der Waals surface area contributed by atoms with Crippen LogP contribution in [0.15, 0.2) is 16.6 Å². The third-order valence-corrected chi connectivity index (χ3v) is 3.74. The molecule has 0 radical (unpaired) electrons. The quantitative estimate of drug-likeness (QED) is 0.857. The van der Waals surface area contributed by atoms with Gasteiger partial charge in [-0.25, -0.2) is 8.78 Å². The van der Waals surface area contributed by atoms with Gasteiger partial charge >= 0.3 is 0 Å². The molecule has 1 aromatic carbocycles. The molecule has 0 saturated carbocycles. The standard InChI is InChI=1S/C13H16BrF2NO/c1-2-17-13(12-4-3-5-18-12)8-6-11(16)9(14)7-10(8)15/h6-7,12-13,17H,2-5H2,1H3. The Labute approximate surface area is 114 Å². The number of hydrogen-bond donors (Lipinski definition) is 1. The van der Waals surface area contributed by atoms with Crippen LogP contribution >= 0.6 is 15.9 Å². The Morgan fingerprint density at radius 3 is 2.83 bits per heavy atom. The lowest BCUT2D eigenvalue weighted by Crippen LogP contribution is -2.32. The van der Waals surface area contributed by atoms with Crippen LogP contribution in [0, 0.1) is 11.6 Å². The van der Waals surface area contributed by atoms with E-state index in [4.69, 9.17) is 4.74 Å². The molecule has 0 spiro atoms. The largest absolute Gasteiger partial charge is 0.376 e. The molecule has 2 unspecified atom stereocenters. The van der Waals surface area contributed by atoms with Gasteiger partial charge in [-0.15, -0.1) is 0 Å². The van der Waals surface area contributed by atoms with Crippen LogP contribution in [0.1, 0.15) is 31.4 Å². The summed E-state index contributed by atoms with van der Waals surface area (Å²) in [6, 6.07) is 2.12. The summed E-state index contributed by atoms with van der Waals surface area (Å²) >= 11 is 2.99. The molecule has 0 aliphatic carbocycles. The number of rotatable bonds is 4. The van der Waals surface area contributed by atoms with Gasteiger partial charge in [-0.1, -0.05) is 6.92 Å². The summed E-state index contributed by atoms with van der Waals surface area (Å²) in [6.07, 6.45) is 1.75. The van der Waals surface area contributed by atoms with E-state index in [1.165, 1.54) is 12.1 Å². The van der Waals surface area contributed by atoms with E-state index in [0.717, 1.165) is 12.8 Å². The fourth-order valence-corrected chi connectivity index (χ4v) is 2.62. The average molecular weight is 320 g/mol. The molecule has 2 nitrogen and oxygen atoms in total. The van der Waals surface area contributed by atoms with E-state index in [-0.39, 0.29) is 16.6 Å². The topological polar surface area (TPSA) is 21.3 Å². The second kappa shape index (κ2) is 6.08. The van der Waals surface area contributed by atoms with Gasteiger partial charge in [0.1, 0.15) is 11.6 Å². The predicted octanol–water partition coefficient (Wildman–Crippen LogP) is 3.56. The minimum absolute atomic E-state index is 0.0833. The van der Waals surface area contributed by atoms with Crippen molar-refractivity contribution in [3.63, 3.8) is 0 Å². The minimum atomic E-state index is -0.452. The van der Waals surface area contributed by atoms with Crippen LogP contribution < -0.4 is 5.32 Å². The summed E-state index contributed by atoms with van der Waals surface area (Å²) in [6.45, 7) is 3.31. The molecule has 0 amide bonds. The minimum Gasteiger partial charge on any atom is -0.376 e. The summed E-state index contributed by atoms with van der Waals surface area (Å²) in [5, 5.41) is 3.18. The van der Waals surface area contributed by atoms with E-state index < -0.39 is 11.6 Å². The van der Waals surface area contributed by atoms with E-state index in [1.807, 2.05) is 6.92 Å². The molecule has 5 heteroatoms. The van der Waals surface area contributed by atoms with Gasteiger partial charge in [0, 0.05) is 12.2 Å². The molecule has 0 bridgehead atoms. The fraction of sp³-hybridized carbons (Fsp3) is 0.538. The number of nitrogens with one attached hydrogen (secondary N) is 1. The van der Waals surface area contributed by atoms with Gasteiger partial charge in [-0.3, -0.25) is 0 Å². The SMILES string of the molecule is CCNC(c1cc(F)c(Br)cc1F)C1CCCO1. The summed E-state index contributed by atoms with van der Waals surface area (Å²) < 4.78 is 33.3. The molecule has 18 heavy (non-hydrogen) atoms. The maximum atomic E-state index is 14.0. The number of likely N-dealkylation sites (N-methyl/N-ethyl adjacent to an activating group) is 1. The van der Waals surface area contributed by atoms with Gasteiger partial charge in [-0.2, -0.15) is 0 Å². The van der Waals surface area contributed by atoms with Crippen molar-refractivity contribution in [2.24, 2.45) is 0 Å². The zero-order chi connectivity index (χ0) is 13.1. The Hall–Kier alpha value is -0.520. The van der Waals surface area contributed by atoms with E-state index in [9.17, 15) is 8.78 Å². The number of hydrogen-bond acceptors (Lipinski definition) is 2. The molecule has 1 heterocycles. The fourth-order valence-electron chi connectivity index (χ4n) is 2.30. The third-order valence-electron chi connectivity index (χ3n) is 3.14. The number of halogens is 3. The molecule has 1 aliphatic rings. The van der Waals surface area contributed by atoms with Crippen LogP contribution in [-0.2, 0) is 4.74 Å². The highest BCUT2D eigenvalue weighted by Crippen LogP contribution is 2.31. The van der Waals surface area contributed by atoms with Crippen LogP contribution in [0.2, 0.25) is 0 Å². The molecule has 100 valence electrons. The summed E-state index contributed by atoms with van der Waals surface area (Å²) in [4.78, 5) is 0. The number of benzene rings is 1. The van der Waals surface area contributed by atoms with E-state index in [0.29, 0.717) is 18.7 Å². The molecule has 2 atom stereocenters. The Morgan fingerprint density at radius 1 is 1.44 bits per heavy atom. The van der Waals surface area contributed by atoms with Crippen LogP contribution in [0.5, 0.6) is 0 Å². The van der Waals surface area contributed by atoms with Gasteiger partial charge in [0.25, 0.3) is 0 Å². The third kappa shape index (κ3) is 2.90. The lowest BCUT2D eigenvalue weighted by atomic mass is 9.98. The van der Waals surface area contributed by atoms with Gasteiger partial charge in [0.15, 0.2) is 0 Å². The molecule has 1 fully saturated rings. The van der Waals surface area contributed by atoms with Crippen molar-refractivity contribution in [2.75, 3.05) is 13.2 Å². The maximum Gasteiger partial charge on any atom is 0.137 e. The molecule has 1 saturated heterocycles. The van der Waals surface area contributed by atoms with Gasteiger partial charge < -0.3 is 10.1 Å². The summed E-state index contributed by atoms with van der Waals surface area (Å²) in [5.41, 5.74) is 0.337. The Kier molecular flexibility index (Phi) is 4.70. The van der Waals surface area contributed by atoms with Crippen molar-refractivity contribution in [3.05, 3.63) is 33.8 Å². The average Bonchev–Trinajstić information content (AvgIpc) is 2.85. The van der Waals surface area contributed by atoms with Crippen molar-refractivity contribution in [1.29, 1.82) is 0 Å². The summed E-state index contributed by atoms with van der Waals surface area (Å²) in [7, 11) is 0. The van der Waals surface area contributed by atoms with E-state index in [2.05, 4.69) is 21.2 Å². The lowest BCUT2D eigenvalue weighted by Gasteiger charge is -2.24. The highest BCUT2D eigenvalue weighted by molar-refractivity contribution is 9.10. The molecule has 1 aliphatic heterocycles. The van der Waals surface area contributed by atoms with Crippen molar-refractivity contribution in [1.82, 2.24) is 5.32 Å². The number of ether oxygens (including phenoxy) is 1. The highest BCUT2D eigenvalue weighted by atomic mass is 79.9. The van der Waals surface area contributed by atoms with E-state index >= 15 is 0 Å². The van der Waals surface area contributed by atoms with Gasteiger partial charge in [0.2, 0.25) is 0 Å². The van der Waals surface area contributed by atoms with Crippen LogP contribution in [0.25, 0.3) is 0 Å². The van der Waals surface area contributed by atoms with Crippen LogP contribution in [0.3, 0.4) is 0 Å².